The topological polar surface area (TPSA) is 89.3 Å². The van der Waals surface area contributed by atoms with Crippen LogP contribution in [0.2, 0.25) is 0 Å². The molecule has 0 saturated carbocycles. The number of carbonyl (C=O) groups excluding carboxylic acids is 2. The van der Waals surface area contributed by atoms with E-state index in [9.17, 15) is 22.8 Å². The number of hydrogen-bond donors (Lipinski definition) is 1. The average Bonchev–Trinajstić information content (AvgIpc) is 2.84. The van der Waals surface area contributed by atoms with Crippen molar-refractivity contribution in [3.8, 4) is 6.07 Å². The first-order valence-corrected chi connectivity index (χ1v) is 11.1. The molecule has 0 radical (unpaired) electrons. The minimum atomic E-state index is -4.42. The molecule has 0 atom stereocenters. The van der Waals surface area contributed by atoms with E-state index in [1.165, 1.54) is 11.0 Å². The molecule has 0 bridgehead atoms. The maximum absolute atomic E-state index is 12.7. The molecule has 1 aromatic carbocycles. The normalized spacial score (nSPS) is 14.4. The molecule has 3 rings (SSSR count). The van der Waals surface area contributed by atoms with E-state index in [1.54, 1.807) is 24.3 Å². The third kappa shape index (κ3) is 6.94. The fraction of sp³-hybridized carbons (Fsp3) is 0.417. The average molecular weight is 473 g/mol. The number of anilines is 2. The molecular formula is C24H26F3N5O2. The second-order valence-corrected chi connectivity index (χ2v) is 8.02. The summed E-state index contributed by atoms with van der Waals surface area (Å²) in [7, 11) is 0. The van der Waals surface area contributed by atoms with Gasteiger partial charge in [-0.05, 0) is 37.1 Å². The van der Waals surface area contributed by atoms with Gasteiger partial charge in [-0.3, -0.25) is 9.59 Å². The molecule has 2 amide bonds. The number of carbonyl (C=O) groups is 2. The van der Waals surface area contributed by atoms with Gasteiger partial charge in [0.2, 0.25) is 11.8 Å². The van der Waals surface area contributed by atoms with Crippen molar-refractivity contribution in [1.82, 2.24) is 10.3 Å². The number of alkyl halides is 3. The second-order valence-electron chi connectivity index (χ2n) is 8.02. The molecule has 0 spiro atoms. The van der Waals surface area contributed by atoms with E-state index < -0.39 is 11.7 Å². The molecule has 1 N–H and O–H groups in total. The van der Waals surface area contributed by atoms with Crippen molar-refractivity contribution in [3.05, 3.63) is 54.2 Å². The highest BCUT2D eigenvalue weighted by Gasteiger charge is 2.31. The predicted octanol–water partition coefficient (Wildman–Crippen LogP) is 3.91. The Morgan fingerprint density at radius 3 is 2.41 bits per heavy atom. The Morgan fingerprint density at radius 2 is 1.82 bits per heavy atom. The van der Waals surface area contributed by atoms with E-state index in [0.29, 0.717) is 37.4 Å². The molecule has 0 aliphatic carbocycles. The summed E-state index contributed by atoms with van der Waals surface area (Å²) in [5.41, 5.74) is -0.0983. The third-order valence-electron chi connectivity index (χ3n) is 5.64. The summed E-state index contributed by atoms with van der Waals surface area (Å²) in [6.07, 6.45) is -2.08. The number of nitrogens with zero attached hydrogens (tertiary/aromatic N) is 4. The van der Waals surface area contributed by atoms with Gasteiger partial charge in [0.15, 0.2) is 0 Å². The zero-order valence-corrected chi connectivity index (χ0v) is 18.6. The monoisotopic (exact) mass is 473 g/mol. The van der Waals surface area contributed by atoms with Gasteiger partial charge in [-0.2, -0.15) is 18.4 Å². The summed E-state index contributed by atoms with van der Waals surface area (Å²) < 4.78 is 38.1. The van der Waals surface area contributed by atoms with Crippen molar-refractivity contribution in [3.63, 3.8) is 0 Å². The smallest absolute Gasteiger partial charge is 0.356 e. The quantitative estimate of drug-likeness (QED) is 0.628. The SMILES string of the molecule is N#CCCN(C(=O)CCC(=O)NC1CCN(c2ccc(C(F)(F)F)cn2)CC1)c1ccccc1. The number of nitrogens with one attached hydrogen (secondary N) is 1. The molecule has 1 aromatic heterocycles. The van der Waals surface area contributed by atoms with Gasteiger partial charge in [-0.1, -0.05) is 18.2 Å². The van der Waals surface area contributed by atoms with Crippen LogP contribution in [0.15, 0.2) is 48.7 Å². The molecule has 1 aliphatic heterocycles. The van der Waals surface area contributed by atoms with Crippen molar-refractivity contribution in [2.75, 3.05) is 29.4 Å². The molecule has 180 valence electrons. The lowest BCUT2D eigenvalue weighted by Gasteiger charge is -2.33. The van der Waals surface area contributed by atoms with Crippen LogP contribution in [0, 0.1) is 11.3 Å². The van der Waals surface area contributed by atoms with Gasteiger partial charge in [-0.15, -0.1) is 0 Å². The van der Waals surface area contributed by atoms with Crippen LogP contribution in [0.1, 0.15) is 37.7 Å². The Labute approximate surface area is 196 Å². The number of benzene rings is 1. The minimum Gasteiger partial charge on any atom is -0.356 e. The van der Waals surface area contributed by atoms with Gasteiger partial charge >= 0.3 is 6.18 Å². The first kappa shape index (κ1) is 25.0. The first-order chi connectivity index (χ1) is 16.3. The molecule has 34 heavy (non-hydrogen) atoms. The van der Waals surface area contributed by atoms with Gasteiger partial charge in [0, 0.05) is 50.4 Å². The summed E-state index contributed by atoms with van der Waals surface area (Å²) in [6, 6.07) is 13.4. The Bertz CT molecular complexity index is 998. The molecule has 1 fully saturated rings. The second kappa shape index (κ2) is 11.5. The molecule has 0 unspecified atom stereocenters. The third-order valence-corrected chi connectivity index (χ3v) is 5.64. The molecule has 10 heteroatoms. The number of rotatable bonds is 8. The highest BCUT2D eigenvalue weighted by molar-refractivity contribution is 5.95. The van der Waals surface area contributed by atoms with Gasteiger partial charge in [0.1, 0.15) is 5.82 Å². The lowest BCUT2D eigenvalue weighted by Crippen LogP contribution is -2.45. The van der Waals surface area contributed by atoms with E-state index in [2.05, 4.69) is 10.3 Å². The highest BCUT2D eigenvalue weighted by Crippen LogP contribution is 2.29. The maximum Gasteiger partial charge on any atom is 0.417 e. The van der Waals surface area contributed by atoms with E-state index in [0.717, 1.165) is 12.3 Å². The molecular weight excluding hydrogens is 447 g/mol. The van der Waals surface area contributed by atoms with Crippen LogP contribution in [0.3, 0.4) is 0 Å². The Balaban J connectivity index is 1.45. The molecule has 7 nitrogen and oxygen atoms in total. The van der Waals surface area contributed by atoms with Gasteiger partial charge < -0.3 is 15.1 Å². The fourth-order valence-electron chi connectivity index (χ4n) is 3.82. The maximum atomic E-state index is 12.7. The number of aromatic nitrogens is 1. The minimum absolute atomic E-state index is 0.0282. The molecule has 1 saturated heterocycles. The summed E-state index contributed by atoms with van der Waals surface area (Å²) >= 11 is 0. The van der Waals surface area contributed by atoms with Gasteiger partial charge in [0.05, 0.1) is 18.1 Å². The number of piperidine rings is 1. The Kier molecular flexibility index (Phi) is 8.46. The van der Waals surface area contributed by atoms with Crippen molar-refractivity contribution in [1.29, 1.82) is 5.26 Å². The fourth-order valence-corrected chi connectivity index (χ4v) is 3.82. The number of amides is 2. The van der Waals surface area contributed by atoms with E-state index >= 15 is 0 Å². The molecule has 1 aliphatic rings. The summed E-state index contributed by atoms with van der Waals surface area (Å²) in [4.78, 5) is 32.4. The first-order valence-electron chi connectivity index (χ1n) is 11.1. The highest BCUT2D eigenvalue weighted by atomic mass is 19.4. The summed E-state index contributed by atoms with van der Waals surface area (Å²) in [5.74, 6) is 0.0225. The lowest BCUT2D eigenvalue weighted by molar-refractivity contribution is -0.137. The summed E-state index contributed by atoms with van der Waals surface area (Å²) in [5, 5.41) is 11.8. The zero-order valence-electron chi connectivity index (χ0n) is 18.6. The zero-order chi connectivity index (χ0) is 24.6. The van der Waals surface area contributed by atoms with Crippen LogP contribution in [0.5, 0.6) is 0 Å². The largest absolute Gasteiger partial charge is 0.417 e. The Morgan fingerprint density at radius 1 is 1.12 bits per heavy atom. The van der Waals surface area contributed by atoms with Crippen LogP contribution in [0.4, 0.5) is 24.7 Å². The van der Waals surface area contributed by atoms with Crippen LogP contribution in [0.25, 0.3) is 0 Å². The van der Waals surface area contributed by atoms with Crippen LogP contribution in [-0.4, -0.2) is 42.5 Å². The van der Waals surface area contributed by atoms with Crippen molar-refractivity contribution in [2.24, 2.45) is 0 Å². The predicted molar refractivity (Wildman–Crippen MR) is 121 cm³/mol. The number of hydrogen-bond acceptors (Lipinski definition) is 5. The molecule has 2 aromatic rings. The van der Waals surface area contributed by atoms with E-state index in [4.69, 9.17) is 5.26 Å². The van der Waals surface area contributed by atoms with Crippen LogP contribution >= 0.6 is 0 Å². The number of nitriles is 1. The lowest BCUT2D eigenvalue weighted by atomic mass is 10.0. The van der Waals surface area contributed by atoms with Gasteiger partial charge in [-0.25, -0.2) is 4.98 Å². The Hall–Kier alpha value is -3.61. The van der Waals surface area contributed by atoms with E-state index in [1.807, 2.05) is 17.0 Å². The van der Waals surface area contributed by atoms with Gasteiger partial charge in [0.25, 0.3) is 0 Å². The van der Waals surface area contributed by atoms with Crippen molar-refractivity contribution < 1.29 is 22.8 Å². The number of pyridine rings is 1. The standard InChI is InChI=1S/C24H26F3N5O2/c25-24(26,27)18-7-8-21(29-17-18)31-15-11-19(12-16-31)30-22(33)9-10-23(34)32(14-4-13-28)20-5-2-1-3-6-20/h1-3,5-8,17,19H,4,9-12,14-16H2,(H,30,33). The van der Waals surface area contributed by atoms with Crippen molar-refractivity contribution >= 4 is 23.3 Å². The van der Waals surface area contributed by atoms with Crippen LogP contribution < -0.4 is 15.1 Å². The van der Waals surface area contributed by atoms with E-state index in [-0.39, 0.29) is 43.7 Å². The molecule has 2 heterocycles. The van der Waals surface area contributed by atoms with Crippen LogP contribution in [-0.2, 0) is 15.8 Å². The summed E-state index contributed by atoms with van der Waals surface area (Å²) in [6.45, 7) is 1.37. The van der Waals surface area contributed by atoms with Crippen molar-refractivity contribution in [2.45, 2.75) is 44.3 Å². The number of para-hydroxylation sites is 1. The number of halogens is 3.